The Morgan fingerprint density at radius 2 is 2.33 bits per heavy atom. The van der Waals surface area contributed by atoms with Crippen LogP contribution in [-0.4, -0.2) is 22.5 Å². The van der Waals surface area contributed by atoms with Gasteiger partial charge >= 0.3 is 5.97 Å². The number of hydrogen-bond donors (Lipinski definition) is 1. The zero-order valence-corrected chi connectivity index (χ0v) is 8.19. The van der Waals surface area contributed by atoms with E-state index in [1.54, 1.807) is 12.2 Å². The fraction of sp³-hybridized carbons (Fsp3) is 0.273. The van der Waals surface area contributed by atoms with Gasteiger partial charge in [-0.05, 0) is 13.0 Å². The molecule has 0 aromatic carbocycles. The first-order valence-electron chi connectivity index (χ1n) is 4.58. The molecule has 2 rings (SSSR count). The second kappa shape index (κ2) is 3.17. The second-order valence-corrected chi connectivity index (χ2v) is 3.56. The van der Waals surface area contributed by atoms with Crippen LogP contribution in [0.25, 0.3) is 0 Å². The first kappa shape index (κ1) is 9.86. The van der Waals surface area contributed by atoms with Crippen LogP contribution < -0.4 is 0 Å². The number of allylic oxidation sites excluding steroid dienone is 1. The monoisotopic (exact) mass is 206 g/mol. The number of aliphatic hydroxyl groups is 1. The Balaban J connectivity index is 2.41. The normalized spacial score (nSPS) is 28.8. The molecule has 2 aliphatic rings. The van der Waals surface area contributed by atoms with Gasteiger partial charge in [0.15, 0.2) is 11.4 Å². The molecule has 1 N–H and O–H groups in total. The van der Waals surface area contributed by atoms with Crippen molar-refractivity contribution in [1.82, 2.24) is 0 Å². The number of carbonyl (C=O) groups is 2. The van der Waals surface area contributed by atoms with Crippen LogP contribution in [0.3, 0.4) is 0 Å². The summed E-state index contributed by atoms with van der Waals surface area (Å²) in [5.74, 6) is -0.537. The maximum atomic E-state index is 11.2. The maximum Gasteiger partial charge on any atom is 0.315 e. The van der Waals surface area contributed by atoms with E-state index >= 15 is 0 Å². The van der Waals surface area contributed by atoms with Crippen molar-refractivity contribution in [2.24, 2.45) is 0 Å². The molecule has 78 valence electrons. The average Bonchev–Trinajstić information content (AvgIpc) is 2.16. The van der Waals surface area contributed by atoms with Crippen molar-refractivity contribution in [1.29, 1.82) is 0 Å². The highest BCUT2D eigenvalue weighted by Gasteiger charge is 2.33. The van der Waals surface area contributed by atoms with Gasteiger partial charge < -0.3 is 9.84 Å². The lowest BCUT2D eigenvalue weighted by Gasteiger charge is -2.25. The summed E-state index contributed by atoms with van der Waals surface area (Å²) in [6.07, 6.45) is 6.16. The van der Waals surface area contributed by atoms with E-state index in [0.717, 1.165) is 5.57 Å². The molecule has 15 heavy (non-hydrogen) atoms. The van der Waals surface area contributed by atoms with E-state index < -0.39 is 11.4 Å². The van der Waals surface area contributed by atoms with Gasteiger partial charge in [-0.2, -0.15) is 0 Å². The molecule has 0 bridgehead atoms. The molecule has 0 amide bonds. The largest absolute Gasteiger partial charge is 0.426 e. The molecule has 4 heteroatoms. The molecular weight excluding hydrogens is 196 g/mol. The number of rotatable bonds is 1. The lowest BCUT2D eigenvalue weighted by atomic mass is 9.90. The number of carbonyl (C=O) groups excluding carboxylic acids is 2. The molecule has 0 radical (unpaired) electrons. The topological polar surface area (TPSA) is 63.6 Å². The third-order valence-electron chi connectivity index (χ3n) is 2.43. The van der Waals surface area contributed by atoms with Gasteiger partial charge in [-0.1, -0.05) is 12.2 Å². The average molecular weight is 206 g/mol. The number of hydrogen-bond acceptors (Lipinski definition) is 4. The van der Waals surface area contributed by atoms with Crippen LogP contribution >= 0.6 is 0 Å². The van der Waals surface area contributed by atoms with Gasteiger partial charge in [-0.15, -0.1) is 0 Å². The predicted molar refractivity (Wildman–Crippen MR) is 51.6 cm³/mol. The fourth-order valence-electron chi connectivity index (χ4n) is 1.46. The summed E-state index contributed by atoms with van der Waals surface area (Å²) >= 11 is 0. The summed E-state index contributed by atoms with van der Waals surface area (Å²) < 4.78 is 4.93. The highest BCUT2D eigenvalue weighted by atomic mass is 16.5. The first-order chi connectivity index (χ1) is 7.01. The summed E-state index contributed by atoms with van der Waals surface area (Å²) in [7, 11) is 0. The number of Topliss-reactive ketones (excluding diaryl/α,β-unsaturated/α-hetero) is 1. The van der Waals surface area contributed by atoms with Gasteiger partial charge in [0.05, 0.1) is 6.42 Å². The van der Waals surface area contributed by atoms with Crippen LogP contribution in [0, 0.1) is 0 Å². The molecule has 0 spiro atoms. The molecule has 0 fully saturated rings. The molecule has 1 aliphatic heterocycles. The molecule has 1 unspecified atom stereocenters. The first-order valence-corrected chi connectivity index (χ1v) is 4.58. The minimum Gasteiger partial charge on any atom is -0.426 e. The van der Waals surface area contributed by atoms with Crippen LogP contribution in [0.15, 0.2) is 35.6 Å². The van der Waals surface area contributed by atoms with E-state index in [4.69, 9.17) is 4.74 Å². The molecule has 1 aliphatic carbocycles. The Morgan fingerprint density at radius 3 is 3.00 bits per heavy atom. The Bertz CT molecular complexity index is 428. The van der Waals surface area contributed by atoms with Gasteiger partial charge in [0.2, 0.25) is 0 Å². The number of ether oxygens (including phenoxy) is 1. The fourth-order valence-corrected chi connectivity index (χ4v) is 1.46. The molecule has 1 heterocycles. The molecule has 1 atom stereocenters. The minimum absolute atomic E-state index is 0.218. The molecule has 0 aromatic heterocycles. The minimum atomic E-state index is -1.65. The van der Waals surface area contributed by atoms with Gasteiger partial charge in [0.1, 0.15) is 5.76 Å². The van der Waals surface area contributed by atoms with Crippen LogP contribution in [0.1, 0.15) is 13.3 Å². The third kappa shape index (κ3) is 1.64. The Labute approximate surface area is 86.5 Å². The highest BCUT2D eigenvalue weighted by Crippen LogP contribution is 2.29. The smallest absolute Gasteiger partial charge is 0.315 e. The van der Waals surface area contributed by atoms with Gasteiger partial charge in [0.25, 0.3) is 0 Å². The second-order valence-electron chi connectivity index (χ2n) is 3.56. The zero-order chi connectivity index (χ0) is 11.1. The number of esters is 1. The molecule has 0 saturated heterocycles. The molecule has 0 saturated carbocycles. The lowest BCUT2D eigenvalue weighted by molar-refractivity contribution is -0.139. The van der Waals surface area contributed by atoms with E-state index in [2.05, 4.69) is 0 Å². The van der Waals surface area contributed by atoms with E-state index in [9.17, 15) is 14.7 Å². The Kier molecular flexibility index (Phi) is 2.08. The van der Waals surface area contributed by atoms with Crippen LogP contribution in [0.2, 0.25) is 0 Å². The zero-order valence-electron chi connectivity index (χ0n) is 8.19. The van der Waals surface area contributed by atoms with E-state index in [1.165, 1.54) is 19.1 Å². The van der Waals surface area contributed by atoms with Crippen molar-refractivity contribution >= 4 is 11.8 Å². The molecule has 0 aromatic rings. The Hall–Kier alpha value is -1.68. The van der Waals surface area contributed by atoms with Crippen LogP contribution in [0.4, 0.5) is 0 Å². The standard InChI is InChI=1S/C11H10O4/c1-7(12)11(14)5-4-8-2-3-10(13)15-9(8)6-11/h2,4-6,14H,3H2,1H3. The third-order valence-corrected chi connectivity index (χ3v) is 2.43. The van der Waals surface area contributed by atoms with Gasteiger partial charge in [0, 0.05) is 11.6 Å². The molecule has 4 nitrogen and oxygen atoms in total. The van der Waals surface area contributed by atoms with Crippen molar-refractivity contribution < 1.29 is 19.4 Å². The molecular formula is C11H10O4. The van der Waals surface area contributed by atoms with E-state index in [-0.39, 0.29) is 18.1 Å². The van der Waals surface area contributed by atoms with Crippen LogP contribution in [0.5, 0.6) is 0 Å². The Morgan fingerprint density at radius 1 is 1.60 bits per heavy atom. The summed E-state index contributed by atoms with van der Waals surface area (Å²) in [5.41, 5.74) is -0.926. The van der Waals surface area contributed by atoms with E-state index in [0.29, 0.717) is 0 Å². The van der Waals surface area contributed by atoms with Gasteiger partial charge in [-0.3, -0.25) is 9.59 Å². The lowest BCUT2D eigenvalue weighted by Crippen LogP contribution is -2.35. The van der Waals surface area contributed by atoms with Gasteiger partial charge in [-0.25, -0.2) is 0 Å². The SMILES string of the molecule is CC(=O)C1(O)C=CC2=CCC(=O)OC2=C1. The number of ketones is 1. The maximum absolute atomic E-state index is 11.2. The van der Waals surface area contributed by atoms with Crippen molar-refractivity contribution in [3.05, 3.63) is 35.6 Å². The highest BCUT2D eigenvalue weighted by molar-refractivity contribution is 5.90. The van der Waals surface area contributed by atoms with Crippen molar-refractivity contribution in [2.75, 3.05) is 0 Å². The van der Waals surface area contributed by atoms with Crippen LogP contribution in [-0.2, 0) is 14.3 Å². The van der Waals surface area contributed by atoms with Crippen molar-refractivity contribution in [2.45, 2.75) is 18.9 Å². The van der Waals surface area contributed by atoms with Crippen molar-refractivity contribution in [3.8, 4) is 0 Å². The van der Waals surface area contributed by atoms with Crippen molar-refractivity contribution in [3.63, 3.8) is 0 Å². The van der Waals surface area contributed by atoms with E-state index in [1.807, 2.05) is 0 Å². The quantitative estimate of drug-likeness (QED) is 0.639. The summed E-state index contributed by atoms with van der Waals surface area (Å²) in [6.45, 7) is 1.28. The number of fused-ring (bicyclic) bond motifs is 1. The summed E-state index contributed by atoms with van der Waals surface area (Å²) in [4.78, 5) is 22.2. The summed E-state index contributed by atoms with van der Waals surface area (Å²) in [5, 5.41) is 9.84. The summed E-state index contributed by atoms with van der Waals surface area (Å²) in [6, 6.07) is 0. The predicted octanol–water partition coefficient (Wildman–Crippen LogP) is 0.634.